The van der Waals surface area contributed by atoms with Gasteiger partial charge >= 0.3 is 0 Å². The Kier molecular flexibility index (Phi) is 2.35. The van der Waals surface area contributed by atoms with Crippen LogP contribution >= 0.6 is 0 Å². The van der Waals surface area contributed by atoms with Gasteiger partial charge in [-0.1, -0.05) is 13.0 Å². The molecule has 1 nitrogen and oxygen atoms in total. The molecular weight excluding hydrogens is 177 g/mol. The summed E-state index contributed by atoms with van der Waals surface area (Å²) in [5.74, 6) is -0.192. The van der Waals surface area contributed by atoms with Crippen molar-refractivity contribution in [2.75, 3.05) is 0 Å². The van der Waals surface area contributed by atoms with Gasteiger partial charge in [-0.25, -0.2) is 4.39 Å². The van der Waals surface area contributed by atoms with Gasteiger partial charge in [-0.15, -0.1) is 0 Å². The van der Waals surface area contributed by atoms with Gasteiger partial charge in [0.15, 0.2) is 0 Å². The van der Waals surface area contributed by atoms with E-state index >= 15 is 0 Å². The molecule has 0 aliphatic carbocycles. The van der Waals surface area contributed by atoms with Crippen molar-refractivity contribution in [3.8, 4) is 0 Å². The standard InChI is InChI=1S/C12H12FN/c1-2-3-7-14-8-6-10-4-5-11(13)9-12(10)14/h3-9H,2H2,1H3. The second-order valence-electron chi connectivity index (χ2n) is 3.22. The number of hydrogen-bond acceptors (Lipinski definition) is 0. The monoisotopic (exact) mass is 189 g/mol. The van der Waals surface area contributed by atoms with Crippen LogP contribution in [-0.2, 0) is 0 Å². The quantitative estimate of drug-likeness (QED) is 0.679. The van der Waals surface area contributed by atoms with Gasteiger partial charge in [0, 0.05) is 17.8 Å². The fraction of sp³-hybridized carbons (Fsp3) is 0.167. The molecular formula is C12H12FN. The fourth-order valence-electron chi connectivity index (χ4n) is 1.47. The summed E-state index contributed by atoms with van der Waals surface area (Å²) in [5, 5.41) is 1.06. The van der Waals surface area contributed by atoms with Gasteiger partial charge in [0.1, 0.15) is 5.82 Å². The minimum Gasteiger partial charge on any atom is -0.323 e. The smallest absolute Gasteiger partial charge is 0.125 e. The molecule has 2 heteroatoms. The third-order valence-corrected chi connectivity index (χ3v) is 2.19. The first-order valence-corrected chi connectivity index (χ1v) is 4.74. The summed E-state index contributed by atoms with van der Waals surface area (Å²) in [6.07, 6.45) is 6.93. The van der Waals surface area contributed by atoms with E-state index in [1.165, 1.54) is 6.07 Å². The van der Waals surface area contributed by atoms with Crippen molar-refractivity contribution >= 4 is 17.1 Å². The Labute approximate surface area is 82.5 Å². The van der Waals surface area contributed by atoms with Crippen molar-refractivity contribution in [2.24, 2.45) is 0 Å². The van der Waals surface area contributed by atoms with Crippen LogP contribution in [0, 0.1) is 5.82 Å². The fourth-order valence-corrected chi connectivity index (χ4v) is 1.47. The van der Waals surface area contributed by atoms with E-state index in [9.17, 15) is 4.39 Å². The van der Waals surface area contributed by atoms with Crippen LogP contribution < -0.4 is 0 Å². The van der Waals surface area contributed by atoms with Gasteiger partial charge in [-0.2, -0.15) is 0 Å². The second-order valence-corrected chi connectivity index (χ2v) is 3.22. The van der Waals surface area contributed by atoms with Gasteiger partial charge in [0.2, 0.25) is 0 Å². The Morgan fingerprint density at radius 3 is 3.00 bits per heavy atom. The molecule has 0 unspecified atom stereocenters. The van der Waals surface area contributed by atoms with Crippen LogP contribution in [0.1, 0.15) is 13.3 Å². The topological polar surface area (TPSA) is 4.93 Å². The van der Waals surface area contributed by atoms with Crippen molar-refractivity contribution in [3.63, 3.8) is 0 Å². The molecule has 0 bridgehead atoms. The molecule has 2 rings (SSSR count). The molecule has 14 heavy (non-hydrogen) atoms. The first-order valence-electron chi connectivity index (χ1n) is 4.74. The van der Waals surface area contributed by atoms with Gasteiger partial charge in [0.05, 0.1) is 5.52 Å². The van der Waals surface area contributed by atoms with E-state index in [0.29, 0.717) is 0 Å². The maximum atomic E-state index is 13.0. The normalized spacial score (nSPS) is 11.6. The SMILES string of the molecule is CCC=Cn1ccc2ccc(F)cc21. The van der Waals surface area contributed by atoms with Gasteiger partial charge in [0.25, 0.3) is 0 Å². The van der Waals surface area contributed by atoms with Gasteiger partial charge < -0.3 is 4.57 Å². The summed E-state index contributed by atoms with van der Waals surface area (Å²) in [6.45, 7) is 2.07. The molecule has 0 saturated carbocycles. The van der Waals surface area contributed by atoms with Crippen molar-refractivity contribution < 1.29 is 4.39 Å². The van der Waals surface area contributed by atoms with E-state index in [1.54, 1.807) is 12.1 Å². The van der Waals surface area contributed by atoms with Crippen molar-refractivity contribution in [1.29, 1.82) is 0 Å². The van der Waals surface area contributed by atoms with Crippen LogP contribution in [0.15, 0.2) is 36.5 Å². The van der Waals surface area contributed by atoms with Crippen LogP contribution in [0.2, 0.25) is 0 Å². The molecule has 0 amide bonds. The number of nitrogens with zero attached hydrogens (tertiary/aromatic N) is 1. The lowest BCUT2D eigenvalue weighted by molar-refractivity contribution is 0.629. The van der Waals surface area contributed by atoms with Crippen molar-refractivity contribution in [2.45, 2.75) is 13.3 Å². The zero-order chi connectivity index (χ0) is 9.97. The van der Waals surface area contributed by atoms with Crippen LogP contribution in [-0.4, -0.2) is 4.57 Å². The average molecular weight is 189 g/mol. The van der Waals surface area contributed by atoms with E-state index in [4.69, 9.17) is 0 Å². The van der Waals surface area contributed by atoms with Gasteiger partial charge in [-0.05, 0) is 30.7 Å². The molecule has 2 aromatic rings. The molecule has 0 spiro atoms. The number of fused-ring (bicyclic) bond motifs is 1. The predicted octanol–water partition coefficient (Wildman–Crippen LogP) is 3.66. The first kappa shape index (κ1) is 9.00. The number of allylic oxidation sites excluding steroid dienone is 1. The third kappa shape index (κ3) is 1.55. The lowest BCUT2D eigenvalue weighted by atomic mass is 10.2. The molecule has 0 N–H and O–H groups in total. The lowest BCUT2D eigenvalue weighted by Crippen LogP contribution is -1.83. The van der Waals surface area contributed by atoms with E-state index in [-0.39, 0.29) is 5.82 Å². The van der Waals surface area contributed by atoms with E-state index in [0.717, 1.165) is 17.3 Å². The van der Waals surface area contributed by atoms with Crippen LogP contribution in [0.25, 0.3) is 17.1 Å². The highest BCUT2D eigenvalue weighted by atomic mass is 19.1. The summed E-state index contributed by atoms with van der Waals surface area (Å²) in [4.78, 5) is 0. The molecule has 0 saturated heterocycles. The molecule has 0 atom stereocenters. The summed E-state index contributed by atoms with van der Waals surface area (Å²) < 4.78 is 14.9. The highest BCUT2D eigenvalue weighted by Gasteiger charge is 1.99. The molecule has 72 valence electrons. The van der Waals surface area contributed by atoms with Crippen molar-refractivity contribution in [3.05, 3.63) is 42.4 Å². The second kappa shape index (κ2) is 3.66. The van der Waals surface area contributed by atoms with E-state index in [2.05, 4.69) is 6.92 Å². The van der Waals surface area contributed by atoms with Crippen LogP contribution in [0.4, 0.5) is 4.39 Å². The minimum atomic E-state index is -0.192. The minimum absolute atomic E-state index is 0.192. The Balaban J connectivity index is 2.55. The Morgan fingerprint density at radius 2 is 2.21 bits per heavy atom. The largest absolute Gasteiger partial charge is 0.323 e. The summed E-state index contributed by atoms with van der Waals surface area (Å²) in [7, 11) is 0. The maximum absolute atomic E-state index is 13.0. The lowest BCUT2D eigenvalue weighted by Gasteiger charge is -1.97. The molecule has 0 aliphatic rings. The van der Waals surface area contributed by atoms with Crippen molar-refractivity contribution in [1.82, 2.24) is 4.57 Å². The predicted molar refractivity (Wildman–Crippen MR) is 57.5 cm³/mol. The van der Waals surface area contributed by atoms with Crippen LogP contribution in [0.5, 0.6) is 0 Å². The van der Waals surface area contributed by atoms with Crippen LogP contribution in [0.3, 0.4) is 0 Å². The zero-order valence-electron chi connectivity index (χ0n) is 8.07. The Hall–Kier alpha value is -1.57. The maximum Gasteiger partial charge on any atom is 0.125 e. The van der Waals surface area contributed by atoms with E-state index < -0.39 is 0 Å². The average Bonchev–Trinajstić information content (AvgIpc) is 2.57. The molecule has 1 aromatic carbocycles. The number of benzene rings is 1. The number of halogens is 1. The number of hydrogen-bond donors (Lipinski definition) is 0. The molecule has 1 aromatic heterocycles. The Morgan fingerprint density at radius 1 is 1.36 bits per heavy atom. The molecule has 0 fully saturated rings. The zero-order valence-corrected chi connectivity index (χ0v) is 8.07. The first-order chi connectivity index (χ1) is 6.81. The highest BCUT2D eigenvalue weighted by molar-refractivity contribution is 5.81. The molecule has 0 radical (unpaired) electrons. The Bertz CT molecular complexity index is 468. The third-order valence-electron chi connectivity index (χ3n) is 2.19. The highest BCUT2D eigenvalue weighted by Crippen LogP contribution is 2.17. The van der Waals surface area contributed by atoms with Gasteiger partial charge in [-0.3, -0.25) is 0 Å². The molecule has 1 heterocycles. The van der Waals surface area contributed by atoms with E-state index in [1.807, 2.05) is 29.1 Å². The summed E-state index contributed by atoms with van der Waals surface area (Å²) in [5.41, 5.74) is 0.912. The number of rotatable bonds is 2. The number of aromatic nitrogens is 1. The summed E-state index contributed by atoms with van der Waals surface area (Å²) >= 11 is 0. The summed E-state index contributed by atoms with van der Waals surface area (Å²) in [6, 6.07) is 6.81. The molecule has 0 aliphatic heterocycles.